The van der Waals surface area contributed by atoms with Crippen LogP contribution in [0.4, 0.5) is 0 Å². The molecular formula is C16H14BrN3O3. The van der Waals surface area contributed by atoms with E-state index < -0.39 is 5.91 Å². The van der Waals surface area contributed by atoms with Crippen LogP contribution in [-0.2, 0) is 0 Å². The van der Waals surface area contributed by atoms with E-state index in [2.05, 4.69) is 26.5 Å². The Morgan fingerprint density at radius 3 is 2.52 bits per heavy atom. The molecule has 0 saturated carbocycles. The van der Waals surface area contributed by atoms with Crippen molar-refractivity contribution >= 4 is 34.0 Å². The Labute approximate surface area is 141 Å². The molecule has 0 bridgehead atoms. The first-order valence-corrected chi connectivity index (χ1v) is 7.45. The van der Waals surface area contributed by atoms with Crippen LogP contribution < -0.4 is 10.9 Å². The van der Waals surface area contributed by atoms with Crippen LogP contribution in [0.25, 0.3) is 0 Å². The van der Waals surface area contributed by atoms with Gasteiger partial charge in [-0.1, -0.05) is 18.2 Å². The number of aryl methyl sites for hydroxylation is 1. The lowest BCUT2D eigenvalue weighted by Crippen LogP contribution is -2.20. The molecule has 0 saturated heterocycles. The van der Waals surface area contributed by atoms with Gasteiger partial charge < -0.3 is 0 Å². The fourth-order valence-corrected chi connectivity index (χ4v) is 2.42. The van der Waals surface area contributed by atoms with Gasteiger partial charge in [0.1, 0.15) is 0 Å². The molecule has 3 N–H and O–H groups in total. The second-order valence-corrected chi connectivity index (χ2v) is 5.55. The quantitative estimate of drug-likeness (QED) is 0.435. The van der Waals surface area contributed by atoms with E-state index in [9.17, 15) is 9.59 Å². The number of halogens is 1. The second-order valence-electron chi connectivity index (χ2n) is 4.69. The third kappa shape index (κ3) is 4.24. The highest BCUT2D eigenvalue weighted by Gasteiger charge is 2.09. The zero-order chi connectivity index (χ0) is 16.8. The molecule has 0 aliphatic carbocycles. The summed E-state index contributed by atoms with van der Waals surface area (Å²) in [6.45, 7) is 1.74. The number of hydrogen-bond acceptors (Lipinski definition) is 4. The van der Waals surface area contributed by atoms with Gasteiger partial charge in [-0.15, -0.1) is 0 Å². The molecule has 0 aromatic heterocycles. The minimum absolute atomic E-state index is 0.332. The second kappa shape index (κ2) is 7.66. The fraction of sp³-hybridized carbons (Fsp3) is 0.0625. The molecule has 0 fully saturated rings. The van der Waals surface area contributed by atoms with Gasteiger partial charge in [0.2, 0.25) is 0 Å². The topological polar surface area (TPSA) is 90.8 Å². The number of nitrogens with one attached hydrogen (secondary N) is 2. The maximum Gasteiger partial charge on any atom is 0.274 e. The van der Waals surface area contributed by atoms with Crippen LogP contribution in [-0.4, -0.2) is 23.2 Å². The standard InChI is InChI=1S/C16H14BrN3O3/c1-10-8-11(6-7-12(10)16(22)20-23)9-18-19-15(21)13-4-2-3-5-14(13)17/h2-9,23H,1H3,(H,19,21)(H,20,22). The van der Waals surface area contributed by atoms with E-state index in [4.69, 9.17) is 5.21 Å². The van der Waals surface area contributed by atoms with Crippen molar-refractivity contribution in [3.05, 3.63) is 69.2 Å². The summed E-state index contributed by atoms with van der Waals surface area (Å²) < 4.78 is 0.683. The van der Waals surface area contributed by atoms with E-state index in [0.29, 0.717) is 26.7 Å². The Kier molecular flexibility index (Phi) is 5.61. The summed E-state index contributed by atoms with van der Waals surface area (Å²) >= 11 is 3.30. The molecule has 0 unspecified atom stereocenters. The van der Waals surface area contributed by atoms with Gasteiger partial charge >= 0.3 is 0 Å². The molecule has 6 nitrogen and oxygen atoms in total. The zero-order valence-corrected chi connectivity index (χ0v) is 13.8. The summed E-state index contributed by atoms with van der Waals surface area (Å²) in [6.07, 6.45) is 1.47. The van der Waals surface area contributed by atoms with Crippen LogP contribution in [0.15, 0.2) is 52.0 Å². The van der Waals surface area contributed by atoms with Crippen LogP contribution in [0, 0.1) is 6.92 Å². The molecule has 0 heterocycles. The molecule has 7 heteroatoms. The van der Waals surface area contributed by atoms with Crippen molar-refractivity contribution in [2.24, 2.45) is 5.10 Å². The predicted molar refractivity (Wildman–Crippen MR) is 89.6 cm³/mol. The number of hydroxylamine groups is 1. The molecule has 23 heavy (non-hydrogen) atoms. The van der Waals surface area contributed by atoms with Crippen LogP contribution in [0.3, 0.4) is 0 Å². The van der Waals surface area contributed by atoms with Gasteiger partial charge in [0, 0.05) is 10.0 Å². The normalized spacial score (nSPS) is 10.6. The van der Waals surface area contributed by atoms with Crippen LogP contribution >= 0.6 is 15.9 Å². The minimum atomic E-state index is -0.576. The number of benzene rings is 2. The first-order chi connectivity index (χ1) is 11.0. The number of nitrogens with zero attached hydrogens (tertiary/aromatic N) is 1. The maximum absolute atomic E-state index is 12.0. The molecule has 0 spiro atoms. The Bertz CT molecular complexity index is 775. The third-order valence-corrected chi connectivity index (χ3v) is 3.79. The Balaban J connectivity index is 2.06. The molecule has 2 aromatic rings. The van der Waals surface area contributed by atoms with E-state index in [0.717, 1.165) is 0 Å². The third-order valence-electron chi connectivity index (χ3n) is 3.09. The lowest BCUT2D eigenvalue weighted by molar-refractivity contribution is 0.0705. The number of hydrogen-bond donors (Lipinski definition) is 3. The van der Waals surface area contributed by atoms with E-state index in [1.807, 2.05) is 6.07 Å². The van der Waals surface area contributed by atoms with Gasteiger partial charge in [0.05, 0.1) is 11.8 Å². The summed E-state index contributed by atoms with van der Waals surface area (Å²) in [7, 11) is 0. The number of carbonyl (C=O) groups is 2. The summed E-state index contributed by atoms with van der Waals surface area (Å²) in [6, 6.07) is 12.0. The van der Waals surface area contributed by atoms with E-state index >= 15 is 0 Å². The molecule has 0 aliphatic heterocycles. The Hall–Kier alpha value is -2.51. The van der Waals surface area contributed by atoms with Crippen LogP contribution in [0.5, 0.6) is 0 Å². The highest BCUT2D eigenvalue weighted by atomic mass is 79.9. The lowest BCUT2D eigenvalue weighted by Gasteiger charge is -2.04. The molecule has 118 valence electrons. The maximum atomic E-state index is 12.0. The molecule has 2 amide bonds. The average Bonchev–Trinajstić information content (AvgIpc) is 2.54. The highest BCUT2D eigenvalue weighted by Crippen LogP contribution is 2.15. The molecule has 0 radical (unpaired) electrons. The highest BCUT2D eigenvalue weighted by molar-refractivity contribution is 9.10. The summed E-state index contributed by atoms with van der Waals surface area (Å²) in [4.78, 5) is 23.4. The molecular weight excluding hydrogens is 362 g/mol. The molecule has 0 aliphatic rings. The van der Waals surface area contributed by atoms with Crippen molar-refractivity contribution < 1.29 is 14.8 Å². The number of amides is 2. The van der Waals surface area contributed by atoms with Crippen molar-refractivity contribution in [1.82, 2.24) is 10.9 Å². The van der Waals surface area contributed by atoms with Gasteiger partial charge in [-0.05, 0) is 58.2 Å². The Morgan fingerprint density at radius 2 is 1.87 bits per heavy atom. The van der Waals surface area contributed by atoms with Gasteiger partial charge in [-0.3, -0.25) is 14.8 Å². The van der Waals surface area contributed by atoms with E-state index in [-0.39, 0.29) is 5.91 Å². The summed E-state index contributed by atoms with van der Waals surface area (Å²) in [5.41, 5.74) is 6.26. The summed E-state index contributed by atoms with van der Waals surface area (Å²) in [5.74, 6) is -0.907. The van der Waals surface area contributed by atoms with Crippen molar-refractivity contribution in [3.63, 3.8) is 0 Å². The summed E-state index contributed by atoms with van der Waals surface area (Å²) in [5, 5.41) is 12.5. The molecule has 2 rings (SSSR count). The fourth-order valence-electron chi connectivity index (χ4n) is 1.95. The lowest BCUT2D eigenvalue weighted by atomic mass is 10.1. The van der Waals surface area contributed by atoms with Crippen LogP contribution in [0.1, 0.15) is 31.8 Å². The van der Waals surface area contributed by atoms with Gasteiger partial charge in [0.25, 0.3) is 11.8 Å². The average molecular weight is 376 g/mol. The van der Waals surface area contributed by atoms with E-state index in [1.54, 1.807) is 48.8 Å². The monoisotopic (exact) mass is 375 g/mol. The molecule has 2 aromatic carbocycles. The smallest absolute Gasteiger partial charge is 0.274 e. The molecule has 0 atom stereocenters. The number of hydrazone groups is 1. The first-order valence-electron chi connectivity index (χ1n) is 6.66. The van der Waals surface area contributed by atoms with Crippen molar-refractivity contribution in [2.45, 2.75) is 6.92 Å². The Morgan fingerprint density at radius 1 is 1.13 bits per heavy atom. The van der Waals surface area contributed by atoms with Crippen molar-refractivity contribution in [3.8, 4) is 0 Å². The van der Waals surface area contributed by atoms with Crippen molar-refractivity contribution in [1.29, 1.82) is 0 Å². The first kappa shape index (κ1) is 16.9. The number of carbonyl (C=O) groups excluding carboxylic acids is 2. The van der Waals surface area contributed by atoms with Crippen molar-refractivity contribution in [2.75, 3.05) is 0 Å². The predicted octanol–water partition coefficient (Wildman–Crippen LogP) is 2.64. The zero-order valence-electron chi connectivity index (χ0n) is 12.2. The minimum Gasteiger partial charge on any atom is -0.288 e. The van der Waals surface area contributed by atoms with Gasteiger partial charge in [0.15, 0.2) is 0 Å². The van der Waals surface area contributed by atoms with Gasteiger partial charge in [-0.25, -0.2) is 10.9 Å². The van der Waals surface area contributed by atoms with E-state index in [1.165, 1.54) is 6.21 Å². The van der Waals surface area contributed by atoms with Gasteiger partial charge in [-0.2, -0.15) is 5.10 Å². The SMILES string of the molecule is Cc1cc(C=NNC(=O)c2ccccc2Br)ccc1C(=O)NO. The van der Waals surface area contributed by atoms with Crippen LogP contribution in [0.2, 0.25) is 0 Å². The largest absolute Gasteiger partial charge is 0.288 e. The number of rotatable bonds is 4.